The molecule has 3 N–H and O–H groups in total. The number of rotatable bonds is 7. The van der Waals surface area contributed by atoms with Crippen molar-refractivity contribution < 1.29 is 4.79 Å². The van der Waals surface area contributed by atoms with Crippen molar-refractivity contribution in [1.82, 2.24) is 15.1 Å². The van der Waals surface area contributed by atoms with Crippen LogP contribution in [-0.2, 0) is 4.79 Å². The lowest BCUT2D eigenvalue weighted by atomic mass is 10.1. The molecule has 0 spiro atoms. The van der Waals surface area contributed by atoms with Crippen LogP contribution in [-0.4, -0.2) is 68.6 Å². The number of nitrogens with two attached hydrogens (primary N) is 1. The van der Waals surface area contributed by atoms with Crippen molar-refractivity contribution in [2.45, 2.75) is 19.8 Å². The van der Waals surface area contributed by atoms with E-state index in [0.29, 0.717) is 13.0 Å². The molecule has 0 aromatic carbocycles. The third kappa shape index (κ3) is 6.33. The normalized spacial score (nSPS) is 19.7. The molecule has 0 aromatic heterocycles. The van der Waals surface area contributed by atoms with Gasteiger partial charge in [0.15, 0.2) is 0 Å². The van der Waals surface area contributed by atoms with E-state index in [0.717, 1.165) is 45.7 Å². The highest BCUT2D eigenvalue weighted by atomic mass is 16.1. The van der Waals surface area contributed by atoms with Gasteiger partial charge in [-0.2, -0.15) is 0 Å². The number of nitrogens with zero attached hydrogens (tertiary/aromatic N) is 2. The maximum atomic E-state index is 11.5. The van der Waals surface area contributed by atoms with Crippen molar-refractivity contribution in [2.75, 3.05) is 52.9 Å². The largest absolute Gasteiger partial charge is 0.356 e. The van der Waals surface area contributed by atoms with Gasteiger partial charge in [-0.1, -0.05) is 6.92 Å². The summed E-state index contributed by atoms with van der Waals surface area (Å²) >= 11 is 0. The van der Waals surface area contributed by atoms with E-state index in [-0.39, 0.29) is 11.8 Å². The van der Waals surface area contributed by atoms with Gasteiger partial charge in [0.25, 0.3) is 0 Å². The monoisotopic (exact) mass is 256 g/mol. The quantitative estimate of drug-likeness (QED) is 0.615. The van der Waals surface area contributed by atoms with E-state index in [1.54, 1.807) is 0 Å². The van der Waals surface area contributed by atoms with Crippen LogP contribution >= 0.6 is 0 Å². The number of carbonyl (C=O) groups excluding carboxylic acids is 1. The number of nitrogens with one attached hydrogen (secondary N) is 1. The van der Waals surface area contributed by atoms with Crippen LogP contribution < -0.4 is 11.1 Å². The summed E-state index contributed by atoms with van der Waals surface area (Å²) in [6, 6.07) is 0. The highest BCUT2D eigenvalue weighted by Gasteiger charge is 2.13. The van der Waals surface area contributed by atoms with Crippen molar-refractivity contribution in [3.63, 3.8) is 0 Å². The van der Waals surface area contributed by atoms with E-state index in [2.05, 4.69) is 22.2 Å². The van der Waals surface area contributed by atoms with Crippen molar-refractivity contribution >= 4 is 5.91 Å². The fourth-order valence-electron chi connectivity index (χ4n) is 2.07. The smallest absolute Gasteiger partial charge is 0.220 e. The topological polar surface area (TPSA) is 61.6 Å². The molecule has 1 aliphatic rings. The average Bonchev–Trinajstić information content (AvgIpc) is 2.36. The molecular formula is C13H28N4O. The highest BCUT2D eigenvalue weighted by molar-refractivity contribution is 5.76. The molecule has 1 heterocycles. The maximum absolute atomic E-state index is 11.5. The molecule has 0 aromatic rings. The van der Waals surface area contributed by atoms with Crippen molar-refractivity contribution in [3.05, 3.63) is 0 Å². The van der Waals surface area contributed by atoms with Crippen LogP contribution in [0.2, 0.25) is 0 Å². The van der Waals surface area contributed by atoms with Crippen molar-refractivity contribution in [2.24, 2.45) is 11.7 Å². The second kappa shape index (κ2) is 8.45. The Bertz CT molecular complexity index is 239. The van der Waals surface area contributed by atoms with E-state index in [4.69, 9.17) is 5.73 Å². The van der Waals surface area contributed by atoms with Gasteiger partial charge >= 0.3 is 0 Å². The van der Waals surface area contributed by atoms with Gasteiger partial charge in [-0.05, 0) is 32.5 Å². The van der Waals surface area contributed by atoms with E-state index in [1.165, 1.54) is 0 Å². The van der Waals surface area contributed by atoms with Gasteiger partial charge in [0.05, 0.1) is 0 Å². The Morgan fingerprint density at radius 3 is 2.61 bits per heavy atom. The molecule has 18 heavy (non-hydrogen) atoms. The summed E-state index contributed by atoms with van der Waals surface area (Å²) in [7, 11) is 2.16. The Morgan fingerprint density at radius 1 is 1.33 bits per heavy atom. The lowest BCUT2D eigenvalue weighted by Crippen LogP contribution is -2.45. The summed E-state index contributed by atoms with van der Waals surface area (Å²) in [6.07, 6.45) is 1.58. The Kier molecular flexibility index (Phi) is 7.23. The van der Waals surface area contributed by atoms with Gasteiger partial charge < -0.3 is 20.9 Å². The van der Waals surface area contributed by atoms with Crippen LogP contribution in [0.4, 0.5) is 0 Å². The molecule has 1 atom stereocenters. The van der Waals surface area contributed by atoms with E-state index >= 15 is 0 Å². The van der Waals surface area contributed by atoms with Gasteiger partial charge in [-0.3, -0.25) is 4.79 Å². The second-order valence-electron chi connectivity index (χ2n) is 5.39. The fourth-order valence-corrected chi connectivity index (χ4v) is 2.07. The third-order valence-corrected chi connectivity index (χ3v) is 3.51. The number of hydrogen-bond acceptors (Lipinski definition) is 4. The van der Waals surface area contributed by atoms with Crippen molar-refractivity contribution in [3.8, 4) is 0 Å². The molecule has 5 heteroatoms. The summed E-state index contributed by atoms with van der Waals surface area (Å²) < 4.78 is 0. The Morgan fingerprint density at radius 2 is 2.00 bits per heavy atom. The summed E-state index contributed by atoms with van der Waals surface area (Å²) in [4.78, 5) is 16.3. The lowest BCUT2D eigenvalue weighted by Gasteiger charge is -2.32. The van der Waals surface area contributed by atoms with E-state index < -0.39 is 0 Å². The first-order chi connectivity index (χ1) is 8.61. The van der Waals surface area contributed by atoms with Crippen LogP contribution in [0.15, 0.2) is 0 Å². The van der Waals surface area contributed by atoms with Crippen LogP contribution in [0.3, 0.4) is 0 Å². The zero-order chi connectivity index (χ0) is 13.4. The summed E-state index contributed by atoms with van der Waals surface area (Å²) in [5, 5.41) is 2.96. The third-order valence-electron chi connectivity index (χ3n) is 3.51. The van der Waals surface area contributed by atoms with Crippen LogP contribution in [0, 0.1) is 5.92 Å². The molecule has 106 valence electrons. The first-order valence-electron chi connectivity index (χ1n) is 6.99. The van der Waals surface area contributed by atoms with Gasteiger partial charge in [0.2, 0.25) is 5.91 Å². The average molecular weight is 256 g/mol. The fraction of sp³-hybridized carbons (Fsp3) is 0.923. The Hall–Kier alpha value is -0.650. The molecule has 0 radical (unpaired) electrons. The van der Waals surface area contributed by atoms with Crippen LogP contribution in [0.5, 0.6) is 0 Å². The molecule has 1 rings (SSSR count). The first kappa shape index (κ1) is 15.4. The minimum atomic E-state index is 0.131. The SMILES string of the molecule is CC(CN)CC(=O)NCCCN1CCN(C)CC1. The Balaban J connectivity index is 1.99. The predicted molar refractivity (Wildman–Crippen MR) is 74.4 cm³/mol. The molecule has 1 amide bonds. The number of piperazine rings is 1. The molecular weight excluding hydrogens is 228 g/mol. The molecule has 5 nitrogen and oxygen atoms in total. The molecule has 0 aliphatic carbocycles. The minimum absolute atomic E-state index is 0.131. The van der Waals surface area contributed by atoms with Crippen LogP contribution in [0.1, 0.15) is 19.8 Å². The molecule has 0 saturated carbocycles. The second-order valence-corrected chi connectivity index (χ2v) is 5.39. The molecule has 1 unspecified atom stereocenters. The highest BCUT2D eigenvalue weighted by Crippen LogP contribution is 2.00. The molecule has 1 fully saturated rings. The predicted octanol–water partition coefficient (Wildman–Crippen LogP) is -0.275. The molecule has 1 aliphatic heterocycles. The number of amides is 1. The van der Waals surface area contributed by atoms with Crippen LogP contribution in [0.25, 0.3) is 0 Å². The first-order valence-corrected chi connectivity index (χ1v) is 6.99. The zero-order valence-corrected chi connectivity index (χ0v) is 11.8. The summed E-state index contributed by atoms with van der Waals surface area (Å²) in [6.45, 7) is 9.05. The van der Waals surface area contributed by atoms with E-state index in [9.17, 15) is 4.79 Å². The Labute approximate surface area is 111 Å². The lowest BCUT2D eigenvalue weighted by molar-refractivity contribution is -0.121. The number of carbonyl (C=O) groups is 1. The van der Waals surface area contributed by atoms with Gasteiger partial charge in [0.1, 0.15) is 0 Å². The van der Waals surface area contributed by atoms with Gasteiger partial charge in [0, 0.05) is 39.1 Å². The minimum Gasteiger partial charge on any atom is -0.356 e. The maximum Gasteiger partial charge on any atom is 0.220 e. The number of likely N-dealkylation sites (N-methyl/N-ethyl adjacent to an activating group) is 1. The number of hydrogen-bond donors (Lipinski definition) is 2. The van der Waals surface area contributed by atoms with Gasteiger partial charge in [-0.15, -0.1) is 0 Å². The van der Waals surface area contributed by atoms with E-state index in [1.807, 2.05) is 6.92 Å². The zero-order valence-electron chi connectivity index (χ0n) is 11.8. The standard InChI is InChI=1S/C13H28N4O/c1-12(11-14)10-13(18)15-4-3-5-17-8-6-16(2)7-9-17/h12H,3-11,14H2,1-2H3,(H,15,18). The molecule has 0 bridgehead atoms. The molecule has 1 saturated heterocycles. The van der Waals surface area contributed by atoms with Crippen molar-refractivity contribution in [1.29, 1.82) is 0 Å². The summed E-state index contributed by atoms with van der Waals surface area (Å²) in [5.74, 6) is 0.411. The van der Waals surface area contributed by atoms with Gasteiger partial charge in [-0.25, -0.2) is 0 Å². The summed E-state index contributed by atoms with van der Waals surface area (Å²) in [5.41, 5.74) is 5.49.